The highest BCUT2D eigenvalue weighted by atomic mass is 16.1. The Morgan fingerprint density at radius 2 is 2.00 bits per heavy atom. The minimum absolute atomic E-state index is 0.659. The van der Waals surface area contributed by atoms with Gasteiger partial charge < -0.3 is 0 Å². The summed E-state index contributed by atoms with van der Waals surface area (Å²) in [6.07, 6.45) is 2.32. The molecule has 14 heavy (non-hydrogen) atoms. The van der Waals surface area contributed by atoms with E-state index in [-0.39, 0.29) is 0 Å². The number of benzene rings is 1. The molecule has 0 fully saturated rings. The van der Waals surface area contributed by atoms with Gasteiger partial charge in [-0.1, -0.05) is 0 Å². The molecule has 0 aliphatic rings. The molecule has 1 heterocycles. The van der Waals surface area contributed by atoms with Crippen molar-refractivity contribution < 1.29 is 4.79 Å². The summed E-state index contributed by atoms with van der Waals surface area (Å²) in [4.78, 5) is 14.5. The van der Waals surface area contributed by atoms with Gasteiger partial charge in [-0.15, -0.1) is 0 Å². The second-order valence-electron chi connectivity index (χ2n) is 2.93. The number of carbonyl (C=O) groups excluding carboxylic acids is 1. The van der Waals surface area contributed by atoms with Crippen LogP contribution in [-0.2, 0) is 0 Å². The van der Waals surface area contributed by atoms with Crippen molar-refractivity contribution >= 4 is 6.29 Å². The van der Waals surface area contributed by atoms with Gasteiger partial charge in [-0.3, -0.25) is 4.79 Å². The molecule has 2 rings (SSSR count). The van der Waals surface area contributed by atoms with Crippen molar-refractivity contribution in [1.82, 2.24) is 14.8 Å². The average Bonchev–Trinajstić information content (AvgIpc) is 2.65. The molecule has 2 aromatic rings. The second kappa shape index (κ2) is 3.41. The van der Waals surface area contributed by atoms with E-state index in [1.165, 1.54) is 6.33 Å². The van der Waals surface area contributed by atoms with Crippen LogP contribution in [0, 0.1) is 6.92 Å². The highest BCUT2D eigenvalue weighted by Crippen LogP contribution is 2.08. The smallest absolute Gasteiger partial charge is 0.150 e. The van der Waals surface area contributed by atoms with Gasteiger partial charge >= 0.3 is 0 Å². The van der Waals surface area contributed by atoms with Gasteiger partial charge in [0.05, 0.1) is 5.69 Å². The zero-order valence-electron chi connectivity index (χ0n) is 7.71. The number of rotatable bonds is 2. The Morgan fingerprint density at radius 3 is 2.50 bits per heavy atom. The van der Waals surface area contributed by atoms with Crippen LogP contribution in [0.25, 0.3) is 5.69 Å². The normalized spacial score (nSPS) is 10.1. The molecule has 0 saturated carbocycles. The number of hydrogen-bond acceptors (Lipinski definition) is 3. The summed E-state index contributed by atoms with van der Waals surface area (Å²) in [6, 6.07) is 7.18. The summed E-state index contributed by atoms with van der Waals surface area (Å²) in [5, 5.41) is 4.06. The molecule has 0 saturated heterocycles. The molecule has 0 atom stereocenters. The first-order valence-electron chi connectivity index (χ1n) is 4.23. The van der Waals surface area contributed by atoms with E-state index in [4.69, 9.17) is 0 Å². The maximum Gasteiger partial charge on any atom is 0.150 e. The third-order valence-corrected chi connectivity index (χ3v) is 1.99. The van der Waals surface area contributed by atoms with Crippen LogP contribution in [0.5, 0.6) is 0 Å². The monoisotopic (exact) mass is 187 g/mol. The lowest BCUT2D eigenvalue weighted by Crippen LogP contribution is -1.98. The third kappa shape index (κ3) is 1.42. The van der Waals surface area contributed by atoms with E-state index in [0.29, 0.717) is 5.56 Å². The Kier molecular flexibility index (Phi) is 2.10. The molecule has 0 aliphatic carbocycles. The van der Waals surface area contributed by atoms with Gasteiger partial charge in [0.25, 0.3) is 0 Å². The van der Waals surface area contributed by atoms with Crippen molar-refractivity contribution in [3.8, 4) is 5.69 Å². The maximum absolute atomic E-state index is 10.4. The standard InChI is InChI=1S/C10H9N3O/c1-8-11-7-12-13(8)10-4-2-9(6-14)3-5-10/h2-7H,1H3. The number of hydrogen-bond donors (Lipinski definition) is 0. The Bertz CT molecular complexity index is 445. The molecule has 1 aromatic heterocycles. The first kappa shape index (κ1) is 8.62. The summed E-state index contributed by atoms with van der Waals surface area (Å²) in [5.74, 6) is 0.823. The minimum atomic E-state index is 0.659. The molecule has 0 N–H and O–H groups in total. The van der Waals surface area contributed by atoms with Gasteiger partial charge in [0.15, 0.2) is 0 Å². The Morgan fingerprint density at radius 1 is 1.29 bits per heavy atom. The summed E-state index contributed by atoms with van der Waals surface area (Å²) in [6.45, 7) is 1.88. The van der Waals surface area contributed by atoms with Gasteiger partial charge in [-0.25, -0.2) is 9.67 Å². The van der Waals surface area contributed by atoms with E-state index in [9.17, 15) is 4.79 Å². The van der Waals surface area contributed by atoms with Crippen LogP contribution in [0.1, 0.15) is 16.2 Å². The number of aryl methyl sites for hydroxylation is 1. The third-order valence-electron chi connectivity index (χ3n) is 1.99. The number of aldehydes is 1. The van der Waals surface area contributed by atoms with Crippen LogP contribution < -0.4 is 0 Å². The lowest BCUT2D eigenvalue weighted by atomic mass is 10.2. The van der Waals surface area contributed by atoms with Crippen molar-refractivity contribution in [1.29, 1.82) is 0 Å². The molecular weight excluding hydrogens is 178 g/mol. The summed E-state index contributed by atoms with van der Waals surface area (Å²) in [7, 11) is 0. The predicted molar refractivity (Wildman–Crippen MR) is 51.5 cm³/mol. The van der Waals surface area contributed by atoms with Crippen molar-refractivity contribution in [2.45, 2.75) is 6.92 Å². The lowest BCUT2D eigenvalue weighted by molar-refractivity contribution is 0.112. The van der Waals surface area contributed by atoms with Crippen molar-refractivity contribution in [2.75, 3.05) is 0 Å². The molecule has 0 bridgehead atoms. The van der Waals surface area contributed by atoms with Crippen molar-refractivity contribution in [3.63, 3.8) is 0 Å². The summed E-state index contributed by atoms with van der Waals surface area (Å²) < 4.78 is 1.72. The van der Waals surface area contributed by atoms with E-state index in [0.717, 1.165) is 17.8 Å². The lowest BCUT2D eigenvalue weighted by Gasteiger charge is -2.01. The Hall–Kier alpha value is -1.97. The molecule has 0 amide bonds. The molecule has 0 radical (unpaired) electrons. The minimum Gasteiger partial charge on any atom is -0.298 e. The Labute approximate surface area is 81.2 Å². The SMILES string of the molecule is Cc1ncnn1-c1ccc(C=O)cc1. The zero-order valence-corrected chi connectivity index (χ0v) is 7.71. The predicted octanol–water partition coefficient (Wildman–Crippen LogP) is 1.39. The zero-order chi connectivity index (χ0) is 9.97. The fraction of sp³-hybridized carbons (Fsp3) is 0.100. The van der Waals surface area contributed by atoms with Gasteiger partial charge in [0.1, 0.15) is 18.4 Å². The van der Waals surface area contributed by atoms with Crippen LogP contribution in [-0.4, -0.2) is 21.1 Å². The Balaban J connectivity index is 2.43. The first-order valence-corrected chi connectivity index (χ1v) is 4.23. The van der Waals surface area contributed by atoms with E-state index >= 15 is 0 Å². The first-order chi connectivity index (χ1) is 6.81. The molecule has 0 aliphatic heterocycles. The highest BCUT2D eigenvalue weighted by molar-refractivity contribution is 5.75. The molecule has 70 valence electrons. The van der Waals surface area contributed by atoms with Gasteiger partial charge in [0, 0.05) is 5.56 Å². The van der Waals surface area contributed by atoms with Crippen molar-refractivity contribution in [2.24, 2.45) is 0 Å². The highest BCUT2D eigenvalue weighted by Gasteiger charge is 2.00. The number of nitrogens with zero attached hydrogens (tertiary/aromatic N) is 3. The molecule has 4 nitrogen and oxygen atoms in total. The van der Waals surface area contributed by atoms with Gasteiger partial charge in [-0.2, -0.15) is 5.10 Å². The molecule has 4 heteroatoms. The summed E-state index contributed by atoms with van der Waals surface area (Å²) >= 11 is 0. The fourth-order valence-corrected chi connectivity index (χ4v) is 1.25. The maximum atomic E-state index is 10.4. The van der Waals surface area contributed by atoms with E-state index in [1.54, 1.807) is 16.8 Å². The van der Waals surface area contributed by atoms with E-state index in [1.807, 2.05) is 19.1 Å². The average molecular weight is 187 g/mol. The van der Waals surface area contributed by atoms with Crippen LogP contribution in [0.4, 0.5) is 0 Å². The van der Waals surface area contributed by atoms with Crippen molar-refractivity contribution in [3.05, 3.63) is 42.0 Å². The van der Waals surface area contributed by atoms with Crippen LogP contribution in [0.3, 0.4) is 0 Å². The number of aromatic nitrogens is 3. The second-order valence-corrected chi connectivity index (χ2v) is 2.93. The van der Waals surface area contributed by atoms with Crippen LogP contribution in [0.15, 0.2) is 30.6 Å². The molecule has 0 spiro atoms. The topological polar surface area (TPSA) is 47.8 Å². The van der Waals surface area contributed by atoms with E-state index < -0.39 is 0 Å². The van der Waals surface area contributed by atoms with Gasteiger partial charge in [-0.05, 0) is 31.2 Å². The van der Waals surface area contributed by atoms with Crippen LogP contribution >= 0.6 is 0 Å². The largest absolute Gasteiger partial charge is 0.298 e. The number of carbonyl (C=O) groups is 1. The fourth-order valence-electron chi connectivity index (χ4n) is 1.25. The van der Waals surface area contributed by atoms with Gasteiger partial charge in [0.2, 0.25) is 0 Å². The van der Waals surface area contributed by atoms with Crippen LogP contribution in [0.2, 0.25) is 0 Å². The molecule has 0 unspecified atom stereocenters. The molecule has 1 aromatic carbocycles. The quantitative estimate of drug-likeness (QED) is 0.667. The molecular formula is C10H9N3O. The van der Waals surface area contributed by atoms with E-state index in [2.05, 4.69) is 10.1 Å². The summed E-state index contributed by atoms with van der Waals surface area (Å²) in [5.41, 5.74) is 1.57.